The molecule has 2 aliphatic rings. The van der Waals surface area contributed by atoms with Crippen LogP contribution in [0.3, 0.4) is 0 Å². The Morgan fingerprint density at radius 3 is 1.91 bits per heavy atom. The van der Waals surface area contributed by atoms with Gasteiger partial charge in [0.2, 0.25) is 5.92 Å². The molecule has 1 unspecified atom stereocenters. The molecule has 0 aromatic rings. The number of halogens is 2. The Labute approximate surface area is 66.0 Å². The van der Waals surface area contributed by atoms with Gasteiger partial charge in [0.25, 0.3) is 0 Å². The van der Waals surface area contributed by atoms with Crippen LogP contribution in [0.2, 0.25) is 0 Å². The van der Waals surface area contributed by atoms with Gasteiger partial charge in [-0.05, 0) is 30.6 Å². The zero-order valence-electron chi connectivity index (χ0n) is 6.87. The summed E-state index contributed by atoms with van der Waals surface area (Å²) in [6, 6.07) is 0. The van der Waals surface area contributed by atoms with Gasteiger partial charge < -0.3 is 0 Å². The second kappa shape index (κ2) is 1.96. The van der Waals surface area contributed by atoms with Crippen molar-refractivity contribution < 1.29 is 8.78 Å². The number of alkyl halides is 2. The van der Waals surface area contributed by atoms with Crippen LogP contribution in [0.4, 0.5) is 8.78 Å². The van der Waals surface area contributed by atoms with Crippen molar-refractivity contribution in [1.82, 2.24) is 0 Å². The fourth-order valence-corrected chi connectivity index (χ4v) is 2.36. The van der Waals surface area contributed by atoms with Crippen molar-refractivity contribution in [1.29, 1.82) is 0 Å². The first-order valence-corrected chi connectivity index (χ1v) is 4.42. The van der Waals surface area contributed by atoms with Crippen LogP contribution in [0, 0.1) is 11.3 Å². The zero-order valence-corrected chi connectivity index (χ0v) is 6.87. The molecule has 0 aliphatic heterocycles. The van der Waals surface area contributed by atoms with Gasteiger partial charge in [-0.1, -0.05) is 6.92 Å². The first-order chi connectivity index (χ1) is 5.04. The van der Waals surface area contributed by atoms with Gasteiger partial charge >= 0.3 is 0 Å². The maximum Gasteiger partial charge on any atom is 0.248 e. The molecule has 0 amide bonds. The standard InChI is InChI=1S/C9H14F2/c1-7-6-8(7)2-4-9(10,11)5-3-8/h7H,2-6H2,1H3. The first-order valence-electron chi connectivity index (χ1n) is 4.42. The minimum absolute atomic E-state index is 0.136. The average molecular weight is 160 g/mol. The van der Waals surface area contributed by atoms with Gasteiger partial charge in [-0.2, -0.15) is 0 Å². The summed E-state index contributed by atoms with van der Waals surface area (Å²) in [5.74, 6) is -1.62. The number of rotatable bonds is 0. The second-order valence-corrected chi connectivity index (χ2v) is 4.32. The minimum atomic E-state index is -2.34. The number of hydrogen-bond acceptors (Lipinski definition) is 0. The quantitative estimate of drug-likeness (QED) is 0.510. The monoisotopic (exact) mass is 160 g/mol. The van der Waals surface area contributed by atoms with Crippen molar-refractivity contribution in [3.05, 3.63) is 0 Å². The third kappa shape index (κ3) is 1.17. The van der Waals surface area contributed by atoms with Gasteiger partial charge in [0.15, 0.2) is 0 Å². The van der Waals surface area contributed by atoms with Gasteiger partial charge in [0, 0.05) is 12.8 Å². The van der Waals surface area contributed by atoms with Gasteiger partial charge in [0.05, 0.1) is 0 Å². The molecule has 2 heteroatoms. The van der Waals surface area contributed by atoms with E-state index >= 15 is 0 Å². The summed E-state index contributed by atoms with van der Waals surface area (Å²) in [6.45, 7) is 2.18. The van der Waals surface area contributed by atoms with Gasteiger partial charge in [-0.3, -0.25) is 0 Å². The highest BCUT2D eigenvalue weighted by molar-refractivity contribution is 5.03. The van der Waals surface area contributed by atoms with Crippen molar-refractivity contribution in [2.24, 2.45) is 11.3 Å². The van der Waals surface area contributed by atoms with Gasteiger partial charge in [0.1, 0.15) is 0 Å². The predicted molar refractivity (Wildman–Crippen MR) is 39.6 cm³/mol. The maximum absolute atomic E-state index is 12.7. The number of hydrogen-bond donors (Lipinski definition) is 0. The van der Waals surface area contributed by atoms with Crippen LogP contribution in [-0.2, 0) is 0 Å². The highest BCUT2D eigenvalue weighted by Gasteiger charge is 2.55. The van der Waals surface area contributed by atoms with Crippen LogP contribution in [0.15, 0.2) is 0 Å². The lowest BCUT2D eigenvalue weighted by atomic mass is 9.82. The normalized spacial score (nSPS) is 39.0. The fraction of sp³-hybridized carbons (Fsp3) is 1.00. The molecule has 1 spiro atoms. The average Bonchev–Trinajstić information content (AvgIpc) is 2.54. The Bertz CT molecular complexity index is 164. The van der Waals surface area contributed by atoms with E-state index in [2.05, 4.69) is 6.92 Å². The maximum atomic E-state index is 12.7. The van der Waals surface area contributed by atoms with Gasteiger partial charge in [-0.25, -0.2) is 8.78 Å². The molecule has 0 saturated heterocycles. The fourth-order valence-electron chi connectivity index (χ4n) is 2.36. The summed E-state index contributed by atoms with van der Waals surface area (Å²) in [4.78, 5) is 0. The Balaban J connectivity index is 1.96. The smallest absolute Gasteiger partial charge is 0.207 e. The second-order valence-electron chi connectivity index (χ2n) is 4.32. The van der Waals surface area contributed by atoms with E-state index in [0.29, 0.717) is 5.41 Å². The van der Waals surface area contributed by atoms with Crippen LogP contribution < -0.4 is 0 Å². The van der Waals surface area contributed by atoms with Crippen molar-refractivity contribution >= 4 is 0 Å². The highest BCUT2D eigenvalue weighted by atomic mass is 19.3. The third-order valence-corrected chi connectivity index (χ3v) is 3.58. The largest absolute Gasteiger partial charge is 0.248 e. The Morgan fingerprint density at radius 1 is 1.09 bits per heavy atom. The van der Waals surface area contributed by atoms with E-state index in [-0.39, 0.29) is 12.8 Å². The summed E-state index contributed by atoms with van der Waals surface area (Å²) < 4.78 is 25.4. The van der Waals surface area contributed by atoms with Crippen molar-refractivity contribution in [2.45, 2.75) is 45.0 Å². The highest BCUT2D eigenvalue weighted by Crippen LogP contribution is 2.62. The van der Waals surface area contributed by atoms with Crippen LogP contribution in [0.5, 0.6) is 0 Å². The molecule has 0 heterocycles. The van der Waals surface area contributed by atoms with E-state index < -0.39 is 5.92 Å². The molecule has 2 aliphatic carbocycles. The zero-order chi connectivity index (χ0) is 8.11. The summed E-state index contributed by atoms with van der Waals surface area (Å²) >= 11 is 0. The van der Waals surface area contributed by atoms with E-state index in [9.17, 15) is 8.78 Å². The van der Waals surface area contributed by atoms with E-state index in [1.165, 1.54) is 6.42 Å². The topological polar surface area (TPSA) is 0 Å². The minimum Gasteiger partial charge on any atom is -0.207 e. The summed E-state index contributed by atoms with van der Waals surface area (Å²) in [5.41, 5.74) is 0.363. The first kappa shape index (κ1) is 7.51. The lowest BCUT2D eigenvalue weighted by molar-refractivity contribution is -0.0514. The molecule has 11 heavy (non-hydrogen) atoms. The summed E-state index contributed by atoms with van der Waals surface area (Å²) in [5, 5.41) is 0. The SMILES string of the molecule is CC1CC12CCC(F)(F)CC2. The molecule has 0 aromatic carbocycles. The lowest BCUT2D eigenvalue weighted by Gasteiger charge is -2.28. The van der Waals surface area contributed by atoms with Crippen LogP contribution in [0.1, 0.15) is 39.0 Å². The Hall–Kier alpha value is -0.140. The molecule has 2 saturated carbocycles. The van der Waals surface area contributed by atoms with Crippen molar-refractivity contribution in [2.75, 3.05) is 0 Å². The summed E-state index contributed by atoms with van der Waals surface area (Å²) in [6.07, 6.45) is 3.00. The van der Waals surface area contributed by atoms with Crippen LogP contribution >= 0.6 is 0 Å². The van der Waals surface area contributed by atoms with E-state index in [1.807, 2.05) is 0 Å². The predicted octanol–water partition coefficient (Wildman–Crippen LogP) is 3.22. The van der Waals surface area contributed by atoms with E-state index in [0.717, 1.165) is 18.8 Å². The van der Waals surface area contributed by atoms with Gasteiger partial charge in [-0.15, -0.1) is 0 Å². The molecule has 0 bridgehead atoms. The Kier molecular flexibility index (Phi) is 1.34. The molecule has 1 atom stereocenters. The molecule has 0 radical (unpaired) electrons. The van der Waals surface area contributed by atoms with Crippen molar-refractivity contribution in [3.8, 4) is 0 Å². The molecule has 2 rings (SSSR count). The molecule has 0 nitrogen and oxygen atoms in total. The third-order valence-electron chi connectivity index (χ3n) is 3.58. The molecule has 2 fully saturated rings. The molecule has 64 valence electrons. The van der Waals surface area contributed by atoms with Crippen LogP contribution in [0.25, 0.3) is 0 Å². The van der Waals surface area contributed by atoms with E-state index in [4.69, 9.17) is 0 Å². The summed E-state index contributed by atoms with van der Waals surface area (Å²) in [7, 11) is 0. The van der Waals surface area contributed by atoms with Crippen molar-refractivity contribution in [3.63, 3.8) is 0 Å². The Morgan fingerprint density at radius 2 is 1.55 bits per heavy atom. The molecule has 0 N–H and O–H groups in total. The molecule has 0 aromatic heterocycles. The lowest BCUT2D eigenvalue weighted by Crippen LogP contribution is -2.26. The van der Waals surface area contributed by atoms with E-state index in [1.54, 1.807) is 0 Å². The molecular formula is C9H14F2. The molecular weight excluding hydrogens is 146 g/mol. The van der Waals surface area contributed by atoms with Crippen LogP contribution in [-0.4, -0.2) is 5.92 Å².